The largest absolute Gasteiger partial charge is 0.457 e. The van der Waals surface area contributed by atoms with E-state index < -0.39 is 5.97 Å². The molecule has 0 fully saturated rings. The summed E-state index contributed by atoms with van der Waals surface area (Å²) in [6.07, 6.45) is 1.37. The van der Waals surface area contributed by atoms with Crippen LogP contribution in [0.25, 0.3) is 16.3 Å². The zero-order chi connectivity index (χ0) is 12.8. The molecule has 18 heavy (non-hydrogen) atoms. The van der Waals surface area contributed by atoms with Crippen LogP contribution in [0.3, 0.4) is 0 Å². The minimum absolute atomic E-state index is 0.263. The van der Waals surface area contributed by atoms with Gasteiger partial charge in [0.1, 0.15) is 0 Å². The van der Waals surface area contributed by atoms with Crippen molar-refractivity contribution in [3.63, 3.8) is 0 Å². The molecule has 0 aromatic heterocycles. The number of fused-ring (bicyclic) bond motifs is 1. The zero-order valence-corrected chi connectivity index (χ0v) is 9.74. The maximum Gasteiger partial charge on any atom is 0.413 e. The predicted octanol–water partition coefficient (Wildman–Crippen LogP) is 2.23. The smallest absolute Gasteiger partial charge is 0.413 e. The van der Waals surface area contributed by atoms with Crippen LogP contribution in [0.15, 0.2) is 42.5 Å². The molecule has 0 radical (unpaired) electrons. The molecule has 0 unspecified atom stereocenters. The summed E-state index contributed by atoms with van der Waals surface area (Å²) in [6, 6.07) is 14.1. The van der Waals surface area contributed by atoms with E-state index in [-0.39, 0.29) is 6.61 Å². The number of carbonyl (C=O) groups excluding carboxylic acids is 1. The summed E-state index contributed by atoms with van der Waals surface area (Å²) in [7, 11) is 0. The predicted molar refractivity (Wildman–Crippen MR) is 68.3 cm³/mol. The topological polar surface area (TPSA) is 62.7 Å². The summed E-state index contributed by atoms with van der Waals surface area (Å²) in [5.74, 6) is -0.641. The molecular formula is C14H12N2O2. The lowest BCUT2D eigenvalue weighted by Crippen LogP contribution is -2.09. The van der Waals surface area contributed by atoms with Gasteiger partial charge in [0.05, 0.1) is 6.61 Å². The van der Waals surface area contributed by atoms with Crippen molar-refractivity contribution in [1.82, 2.24) is 0 Å². The van der Waals surface area contributed by atoms with E-state index in [1.807, 2.05) is 42.5 Å². The van der Waals surface area contributed by atoms with Gasteiger partial charge in [0.2, 0.25) is 0 Å². The monoisotopic (exact) mass is 240 g/mol. The Balaban J connectivity index is 2.08. The summed E-state index contributed by atoms with van der Waals surface area (Å²) in [5.41, 5.74) is 9.29. The Bertz CT molecular complexity index is 611. The molecule has 2 aromatic carbocycles. The highest BCUT2D eigenvalue weighted by atomic mass is 16.5. The van der Waals surface area contributed by atoms with Crippen LogP contribution < -0.4 is 0 Å². The molecule has 0 aliphatic carbocycles. The SMILES string of the molecule is [N-]=[N+]=CC(=O)OCCc1cccc2ccccc12. The van der Waals surface area contributed by atoms with E-state index in [1.54, 1.807) is 0 Å². The molecule has 2 rings (SSSR count). The minimum atomic E-state index is -0.641. The Labute approximate surface area is 104 Å². The molecule has 0 N–H and O–H groups in total. The van der Waals surface area contributed by atoms with Gasteiger partial charge in [-0.05, 0) is 16.3 Å². The third-order valence-corrected chi connectivity index (χ3v) is 2.66. The van der Waals surface area contributed by atoms with E-state index in [0.29, 0.717) is 6.42 Å². The molecule has 0 saturated heterocycles. The number of rotatable bonds is 4. The second kappa shape index (κ2) is 5.75. The van der Waals surface area contributed by atoms with Crippen molar-refractivity contribution in [2.75, 3.05) is 6.61 Å². The highest BCUT2D eigenvalue weighted by molar-refractivity contribution is 6.20. The van der Waals surface area contributed by atoms with E-state index in [4.69, 9.17) is 10.3 Å². The number of esters is 1. The fourth-order valence-electron chi connectivity index (χ4n) is 1.86. The second-order valence-electron chi connectivity index (χ2n) is 3.80. The van der Waals surface area contributed by atoms with Crippen molar-refractivity contribution in [3.8, 4) is 0 Å². The van der Waals surface area contributed by atoms with Crippen LogP contribution >= 0.6 is 0 Å². The molecular weight excluding hydrogens is 228 g/mol. The molecule has 4 nitrogen and oxygen atoms in total. The van der Waals surface area contributed by atoms with Crippen LogP contribution in [-0.2, 0) is 16.0 Å². The van der Waals surface area contributed by atoms with Crippen LogP contribution in [-0.4, -0.2) is 23.6 Å². The average molecular weight is 240 g/mol. The molecule has 4 heteroatoms. The lowest BCUT2D eigenvalue weighted by molar-refractivity contribution is -0.138. The van der Waals surface area contributed by atoms with E-state index in [1.165, 1.54) is 5.39 Å². The number of nitrogens with zero attached hydrogens (tertiary/aromatic N) is 2. The molecule has 0 aliphatic rings. The molecule has 0 aliphatic heterocycles. The van der Waals surface area contributed by atoms with E-state index >= 15 is 0 Å². The van der Waals surface area contributed by atoms with Crippen molar-refractivity contribution in [2.24, 2.45) is 0 Å². The van der Waals surface area contributed by atoms with Crippen molar-refractivity contribution in [3.05, 3.63) is 53.6 Å². The van der Waals surface area contributed by atoms with Gasteiger partial charge < -0.3 is 10.3 Å². The van der Waals surface area contributed by atoms with Gasteiger partial charge in [-0.2, -0.15) is 4.79 Å². The van der Waals surface area contributed by atoms with Gasteiger partial charge in [-0.25, -0.2) is 4.79 Å². The molecule has 0 bridgehead atoms. The fraction of sp³-hybridized carbons (Fsp3) is 0.143. The minimum Gasteiger partial charge on any atom is -0.457 e. The fourth-order valence-corrected chi connectivity index (χ4v) is 1.86. The second-order valence-corrected chi connectivity index (χ2v) is 3.80. The Morgan fingerprint density at radius 3 is 2.83 bits per heavy atom. The van der Waals surface area contributed by atoms with Gasteiger partial charge in [-0.1, -0.05) is 42.5 Å². The lowest BCUT2D eigenvalue weighted by atomic mass is 10.0. The zero-order valence-electron chi connectivity index (χ0n) is 9.74. The maximum atomic E-state index is 11.0. The first kappa shape index (κ1) is 12.0. The Kier molecular flexibility index (Phi) is 3.84. The van der Waals surface area contributed by atoms with Gasteiger partial charge in [0.25, 0.3) is 0 Å². The Hall–Kier alpha value is -2.45. The summed E-state index contributed by atoms with van der Waals surface area (Å²) >= 11 is 0. The quantitative estimate of drug-likeness (QED) is 0.356. The standard InChI is InChI=1S/C14H12N2O2/c15-16-10-14(17)18-9-8-12-6-3-5-11-4-1-2-7-13(11)12/h1-7,10H,8-9H2. The van der Waals surface area contributed by atoms with Crippen LogP contribution in [0.1, 0.15) is 5.56 Å². The van der Waals surface area contributed by atoms with E-state index in [0.717, 1.165) is 17.2 Å². The lowest BCUT2D eigenvalue weighted by Gasteiger charge is -2.05. The highest BCUT2D eigenvalue weighted by Gasteiger charge is 2.04. The van der Waals surface area contributed by atoms with Crippen LogP contribution in [0, 0.1) is 0 Å². The molecule has 0 heterocycles. The first-order valence-corrected chi connectivity index (χ1v) is 5.62. The maximum absolute atomic E-state index is 11.0. The van der Waals surface area contributed by atoms with Crippen LogP contribution in [0.2, 0.25) is 0 Å². The Morgan fingerprint density at radius 2 is 2.00 bits per heavy atom. The first-order valence-electron chi connectivity index (χ1n) is 5.62. The number of carbonyl (C=O) groups is 1. The number of ether oxygens (including phenoxy) is 1. The average Bonchev–Trinajstić information content (AvgIpc) is 2.39. The van der Waals surface area contributed by atoms with Gasteiger partial charge in [0, 0.05) is 6.42 Å². The van der Waals surface area contributed by atoms with Crippen LogP contribution in [0.4, 0.5) is 0 Å². The van der Waals surface area contributed by atoms with Gasteiger partial charge in [0.15, 0.2) is 0 Å². The van der Waals surface area contributed by atoms with Crippen molar-refractivity contribution < 1.29 is 14.3 Å². The summed E-state index contributed by atoms with van der Waals surface area (Å²) in [4.78, 5) is 13.6. The van der Waals surface area contributed by atoms with Crippen molar-refractivity contribution in [1.29, 1.82) is 0 Å². The number of benzene rings is 2. The normalized spacial score (nSPS) is 9.78. The number of hydrogen-bond donors (Lipinski definition) is 0. The Morgan fingerprint density at radius 1 is 1.22 bits per heavy atom. The van der Waals surface area contributed by atoms with Crippen molar-refractivity contribution >= 4 is 23.0 Å². The first-order chi connectivity index (χ1) is 8.81. The summed E-state index contributed by atoms with van der Waals surface area (Å²) in [6.45, 7) is 0.263. The number of hydrogen-bond acceptors (Lipinski definition) is 2. The van der Waals surface area contributed by atoms with E-state index in [9.17, 15) is 4.79 Å². The third-order valence-electron chi connectivity index (χ3n) is 2.66. The van der Waals surface area contributed by atoms with Crippen LogP contribution in [0.5, 0.6) is 0 Å². The van der Waals surface area contributed by atoms with Gasteiger partial charge >= 0.3 is 12.2 Å². The molecule has 0 atom stereocenters. The van der Waals surface area contributed by atoms with Gasteiger partial charge in [-0.15, -0.1) is 0 Å². The third kappa shape index (κ3) is 2.81. The summed E-state index contributed by atoms with van der Waals surface area (Å²) < 4.78 is 4.89. The highest BCUT2D eigenvalue weighted by Crippen LogP contribution is 2.18. The molecule has 0 saturated carbocycles. The van der Waals surface area contributed by atoms with E-state index in [2.05, 4.69) is 4.79 Å². The van der Waals surface area contributed by atoms with Crippen molar-refractivity contribution in [2.45, 2.75) is 6.42 Å². The molecule has 90 valence electrons. The molecule has 0 amide bonds. The molecule has 0 spiro atoms. The summed E-state index contributed by atoms with van der Waals surface area (Å²) in [5, 5.41) is 2.32. The molecule has 2 aromatic rings. The van der Waals surface area contributed by atoms with Gasteiger partial charge in [-0.3, -0.25) is 0 Å².